The number of rotatable bonds is 5. The minimum Gasteiger partial charge on any atom is -0.384 e. The summed E-state index contributed by atoms with van der Waals surface area (Å²) in [5.41, 5.74) is 7.14. The topological polar surface area (TPSA) is 43.8 Å². The van der Waals surface area contributed by atoms with E-state index in [4.69, 9.17) is 5.73 Å². The Bertz CT molecular complexity index is 318. The maximum Gasteiger partial charge on any atom is 0.126 e. The number of imidazole rings is 1. The van der Waals surface area contributed by atoms with Gasteiger partial charge in [0.25, 0.3) is 0 Å². The Kier molecular flexibility index (Phi) is 4.51. The minimum atomic E-state index is 0.605. The fourth-order valence-corrected chi connectivity index (χ4v) is 2.02. The van der Waals surface area contributed by atoms with E-state index in [9.17, 15) is 0 Å². The number of nitrogen functional groups attached to an aromatic ring is 1. The van der Waals surface area contributed by atoms with Gasteiger partial charge in [0, 0.05) is 13.0 Å². The van der Waals surface area contributed by atoms with E-state index in [0.29, 0.717) is 5.92 Å². The summed E-state index contributed by atoms with van der Waals surface area (Å²) in [5.74, 6) is 3.59. The Morgan fingerprint density at radius 3 is 2.67 bits per heavy atom. The van der Waals surface area contributed by atoms with Crippen LogP contribution in [0.1, 0.15) is 25.4 Å². The third-order valence-corrected chi connectivity index (χ3v) is 2.98. The Hall–Kier alpha value is -0.640. The predicted molar refractivity (Wildman–Crippen MR) is 68.3 cm³/mol. The van der Waals surface area contributed by atoms with Gasteiger partial charge >= 0.3 is 0 Å². The van der Waals surface area contributed by atoms with E-state index in [1.807, 2.05) is 18.7 Å². The van der Waals surface area contributed by atoms with Crippen LogP contribution in [0.25, 0.3) is 0 Å². The van der Waals surface area contributed by atoms with Crippen molar-refractivity contribution in [3.8, 4) is 0 Å². The van der Waals surface area contributed by atoms with Crippen molar-refractivity contribution in [2.45, 2.75) is 33.7 Å². The van der Waals surface area contributed by atoms with Crippen molar-refractivity contribution in [3.63, 3.8) is 0 Å². The van der Waals surface area contributed by atoms with Crippen molar-refractivity contribution in [2.24, 2.45) is 5.92 Å². The van der Waals surface area contributed by atoms with Crippen molar-refractivity contribution in [1.29, 1.82) is 0 Å². The Labute approximate surface area is 96.5 Å². The highest BCUT2D eigenvalue weighted by Crippen LogP contribution is 2.17. The highest BCUT2D eigenvalue weighted by molar-refractivity contribution is 7.98. The van der Waals surface area contributed by atoms with Crippen LogP contribution in [0.4, 0.5) is 5.82 Å². The van der Waals surface area contributed by atoms with Crippen LogP contribution in [-0.2, 0) is 13.0 Å². The number of nitrogens with zero attached hydrogens (tertiary/aromatic N) is 2. The molecule has 0 spiro atoms. The molecule has 1 aromatic heterocycles. The third-order valence-electron chi connectivity index (χ3n) is 2.36. The molecule has 86 valence electrons. The van der Waals surface area contributed by atoms with E-state index in [1.165, 1.54) is 0 Å². The molecule has 0 aliphatic heterocycles. The van der Waals surface area contributed by atoms with E-state index in [-0.39, 0.29) is 0 Å². The summed E-state index contributed by atoms with van der Waals surface area (Å²) in [4.78, 5) is 4.53. The quantitative estimate of drug-likeness (QED) is 0.839. The maximum absolute atomic E-state index is 6.08. The molecular formula is C11H21N3S. The molecule has 1 aromatic rings. The van der Waals surface area contributed by atoms with E-state index in [0.717, 1.165) is 36.1 Å². The van der Waals surface area contributed by atoms with Gasteiger partial charge < -0.3 is 10.3 Å². The molecule has 0 amide bonds. The molecule has 0 fully saturated rings. The van der Waals surface area contributed by atoms with Gasteiger partial charge in [0.15, 0.2) is 0 Å². The molecule has 0 saturated heterocycles. The normalized spacial score (nSPS) is 11.3. The fraction of sp³-hybridized carbons (Fsp3) is 0.727. The monoisotopic (exact) mass is 227 g/mol. The third kappa shape index (κ3) is 3.16. The average molecular weight is 227 g/mol. The summed E-state index contributed by atoms with van der Waals surface area (Å²) >= 11 is 1.83. The molecule has 1 rings (SSSR count). The zero-order valence-corrected chi connectivity index (χ0v) is 10.9. The van der Waals surface area contributed by atoms with Crippen LogP contribution in [0, 0.1) is 12.8 Å². The minimum absolute atomic E-state index is 0.605. The van der Waals surface area contributed by atoms with Gasteiger partial charge in [-0.15, -0.1) is 0 Å². The van der Waals surface area contributed by atoms with Crippen LogP contribution in [-0.4, -0.2) is 21.6 Å². The lowest BCUT2D eigenvalue weighted by atomic mass is 10.2. The van der Waals surface area contributed by atoms with E-state index in [2.05, 4.69) is 29.7 Å². The lowest BCUT2D eigenvalue weighted by molar-refractivity contribution is 0.518. The van der Waals surface area contributed by atoms with Gasteiger partial charge in [0.1, 0.15) is 11.6 Å². The van der Waals surface area contributed by atoms with Crippen molar-refractivity contribution >= 4 is 17.6 Å². The summed E-state index contributed by atoms with van der Waals surface area (Å²) in [6.45, 7) is 7.38. The van der Waals surface area contributed by atoms with Gasteiger partial charge in [-0.2, -0.15) is 11.8 Å². The molecule has 2 N–H and O–H groups in total. The van der Waals surface area contributed by atoms with Gasteiger partial charge in [-0.1, -0.05) is 13.8 Å². The maximum atomic E-state index is 6.08. The first-order chi connectivity index (χ1) is 7.06. The molecule has 1 heterocycles. The first kappa shape index (κ1) is 12.4. The van der Waals surface area contributed by atoms with Gasteiger partial charge in [-0.3, -0.25) is 0 Å². The SMILES string of the molecule is CSCCc1nc(C)n(CC(C)C)c1N. The van der Waals surface area contributed by atoms with Crippen LogP contribution in [0.5, 0.6) is 0 Å². The van der Waals surface area contributed by atoms with Crippen LogP contribution in [0.3, 0.4) is 0 Å². The molecule has 0 bridgehead atoms. The summed E-state index contributed by atoms with van der Waals surface area (Å²) in [6, 6.07) is 0. The zero-order valence-electron chi connectivity index (χ0n) is 10.1. The van der Waals surface area contributed by atoms with Gasteiger partial charge in [0.2, 0.25) is 0 Å². The van der Waals surface area contributed by atoms with Crippen molar-refractivity contribution < 1.29 is 0 Å². The number of hydrogen-bond acceptors (Lipinski definition) is 3. The van der Waals surface area contributed by atoms with Crippen LogP contribution >= 0.6 is 11.8 Å². The largest absolute Gasteiger partial charge is 0.384 e. The summed E-state index contributed by atoms with van der Waals surface area (Å²) in [6.07, 6.45) is 3.08. The number of anilines is 1. The standard InChI is InChI=1S/C11H21N3S/c1-8(2)7-14-9(3)13-10(11(14)12)5-6-15-4/h8H,5-7,12H2,1-4H3. The molecule has 0 radical (unpaired) electrons. The van der Waals surface area contributed by atoms with Gasteiger partial charge in [-0.05, 0) is 24.9 Å². The lowest BCUT2D eigenvalue weighted by Gasteiger charge is -2.10. The molecule has 0 unspecified atom stereocenters. The Morgan fingerprint density at radius 2 is 2.13 bits per heavy atom. The first-order valence-corrected chi connectivity index (χ1v) is 6.76. The van der Waals surface area contributed by atoms with Crippen LogP contribution in [0.2, 0.25) is 0 Å². The molecule has 3 nitrogen and oxygen atoms in total. The number of thioether (sulfide) groups is 1. The highest BCUT2D eigenvalue weighted by Gasteiger charge is 2.11. The fourth-order valence-electron chi connectivity index (χ4n) is 1.62. The number of aromatic nitrogens is 2. The number of nitrogens with two attached hydrogens (primary N) is 1. The second-order valence-electron chi connectivity index (χ2n) is 4.24. The predicted octanol–water partition coefficient (Wildman–Crippen LogP) is 2.34. The van der Waals surface area contributed by atoms with Crippen molar-refractivity contribution in [2.75, 3.05) is 17.7 Å². The number of hydrogen-bond donors (Lipinski definition) is 1. The zero-order chi connectivity index (χ0) is 11.4. The molecular weight excluding hydrogens is 206 g/mol. The van der Waals surface area contributed by atoms with E-state index >= 15 is 0 Å². The second-order valence-corrected chi connectivity index (χ2v) is 5.22. The molecule has 0 aromatic carbocycles. The first-order valence-electron chi connectivity index (χ1n) is 5.36. The average Bonchev–Trinajstić information content (AvgIpc) is 2.42. The summed E-state index contributed by atoms with van der Waals surface area (Å²) < 4.78 is 2.13. The van der Waals surface area contributed by atoms with Gasteiger partial charge in [0.05, 0.1) is 5.69 Å². The van der Waals surface area contributed by atoms with Crippen molar-refractivity contribution in [1.82, 2.24) is 9.55 Å². The second kappa shape index (κ2) is 5.45. The smallest absolute Gasteiger partial charge is 0.126 e. The molecule has 4 heteroatoms. The van der Waals surface area contributed by atoms with E-state index < -0.39 is 0 Å². The number of aryl methyl sites for hydroxylation is 2. The van der Waals surface area contributed by atoms with Gasteiger partial charge in [-0.25, -0.2) is 4.98 Å². The highest BCUT2D eigenvalue weighted by atomic mass is 32.2. The summed E-state index contributed by atoms with van der Waals surface area (Å²) in [5, 5.41) is 0. The Morgan fingerprint density at radius 1 is 1.47 bits per heavy atom. The summed E-state index contributed by atoms with van der Waals surface area (Å²) in [7, 11) is 0. The van der Waals surface area contributed by atoms with E-state index in [1.54, 1.807) is 0 Å². The molecule has 0 aliphatic carbocycles. The lowest BCUT2D eigenvalue weighted by Crippen LogP contribution is -2.10. The molecule has 0 saturated carbocycles. The van der Waals surface area contributed by atoms with Crippen LogP contribution in [0.15, 0.2) is 0 Å². The molecule has 15 heavy (non-hydrogen) atoms. The molecule has 0 atom stereocenters. The van der Waals surface area contributed by atoms with Crippen LogP contribution < -0.4 is 5.73 Å². The molecule has 0 aliphatic rings. The Balaban J connectivity index is 2.83. The van der Waals surface area contributed by atoms with Crippen molar-refractivity contribution in [3.05, 3.63) is 11.5 Å².